The van der Waals surface area contributed by atoms with Crippen LogP contribution in [0.15, 0.2) is 0 Å². The molecule has 2 heterocycles. The van der Waals surface area contributed by atoms with Gasteiger partial charge in [-0.2, -0.15) is 0 Å². The second-order valence-electron chi connectivity index (χ2n) is 3.07. The molecule has 0 N–H and O–H groups in total. The lowest BCUT2D eigenvalue weighted by Crippen LogP contribution is -2.31. The summed E-state index contributed by atoms with van der Waals surface area (Å²) in [7, 11) is 1.54. The second kappa shape index (κ2) is 4.01. The minimum absolute atomic E-state index is 0.00342. The average molecular weight is 228 g/mol. The number of rotatable bonds is 3. The van der Waals surface area contributed by atoms with Crippen molar-refractivity contribution in [3.63, 3.8) is 0 Å². The predicted octanol–water partition coefficient (Wildman–Crippen LogP) is 0.809. The van der Waals surface area contributed by atoms with Crippen LogP contribution in [0.25, 0.3) is 0 Å². The van der Waals surface area contributed by atoms with E-state index >= 15 is 0 Å². The van der Waals surface area contributed by atoms with Gasteiger partial charge in [0.2, 0.25) is 5.13 Å². The maximum absolute atomic E-state index is 11.8. The molecule has 1 aliphatic rings. The number of hydrogen-bond acceptors (Lipinski definition) is 5. The molecule has 1 aromatic heterocycles. The van der Waals surface area contributed by atoms with E-state index < -0.39 is 0 Å². The number of hydrogen-bond donors (Lipinski definition) is 0. The van der Waals surface area contributed by atoms with Crippen molar-refractivity contribution in [2.45, 2.75) is 6.92 Å². The standard InChI is InChI=1S/C8H12N4O2S/c1-3-11-4-5-12(8(11)13)6-9-10-7(14-2)15-6/h3-5H2,1-2H3. The van der Waals surface area contributed by atoms with Crippen molar-refractivity contribution in [3.8, 4) is 5.19 Å². The number of amides is 2. The number of carbonyl (C=O) groups is 1. The molecule has 82 valence electrons. The molecule has 1 fully saturated rings. The molecule has 15 heavy (non-hydrogen) atoms. The zero-order valence-corrected chi connectivity index (χ0v) is 9.45. The van der Waals surface area contributed by atoms with Gasteiger partial charge in [-0.1, -0.05) is 5.10 Å². The highest BCUT2D eigenvalue weighted by Crippen LogP contribution is 2.27. The van der Waals surface area contributed by atoms with Crippen molar-refractivity contribution in [3.05, 3.63) is 0 Å². The monoisotopic (exact) mass is 228 g/mol. The van der Waals surface area contributed by atoms with Crippen molar-refractivity contribution in [2.24, 2.45) is 0 Å². The summed E-state index contributed by atoms with van der Waals surface area (Å²) in [5, 5.41) is 8.79. The van der Waals surface area contributed by atoms with Crippen LogP contribution in [0.5, 0.6) is 5.19 Å². The molecule has 2 rings (SSSR count). The lowest BCUT2D eigenvalue weighted by atomic mass is 10.6. The Kier molecular flexibility index (Phi) is 2.72. The number of aromatic nitrogens is 2. The lowest BCUT2D eigenvalue weighted by Gasteiger charge is -2.13. The van der Waals surface area contributed by atoms with Gasteiger partial charge in [0.1, 0.15) is 0 Å². The van der Waals surface area contributed by atoms with Gasteiger partial charge in [0, 0.05) is 19.6 Å². The van der Waals surface area contributed by atoms with Crippen LogP contribution < -0.4 is 9.64 Å². The highest BCUT2D eigenvalue weighted by atomic mass is 32.1. The summed E-state index contributed by atoms with van der Waals surface area (Å²) in [4.78, 5) is 15.2. The number of carbonyl (C=O) groups excluding carboxylic acids is 1. The van der Waals surface area contributed by atoms with Gasteiger partial charge in [-0.3, -0.25) is 4.90 Å². The van der Waals surface area contributed by atoms with Gasteiger partial charge < -0.3 is 9.64 Å². The van der Waals surface area contributed by atoms with Crippen LogP contribution in [0.3, 0.4) is 0 Å². The van der Waals surface area contributed by atoms with Crippen LogP contribution in [-0.4, -0.2) is 47.9 Å². The van der Waals surface area contributed by atoms with E-state index in [4.69, 9.17) is 4.74 Å². The normalized spacial score (nSPS) is 16.3. The Balaban J connectivity index is 2.15. The fourth-order valence-corrected chi connectivity index (χ4v) is 2.13. The van der Waals surface area contributed by atoms with E-state index in [-0.39, 0.29) is 6.03 Å². The van der Waals surface area contributed by atoms with Crippen molar-refractivity contribution in [1.82, 2.24) is 15.1 Å². The van der Waals surface area contributed by atoms with E-state index in [0.29, 0.717) is 16.9 Å². The largest absolute Gasteiger partial charge is 0.472 e. The summed E-state index contributed by atoms with van der Waals surface area (Å²) in [5.41, 5.74) is 0. The van der Waals surface area contributed by atoms with Crippen molar-refractivity contribution in [2.75, 3.05) is 31.6 Å². The van der Waals surface area contributed by atoms with Crippen LogP contribution in [0, 0.1) is 0 Å². The first-order valence-corrected chi connectivity index (χ1v) is 5.52. The summed E-state index contributed by atoms with van der Waals surface area (Å²) in [6.07, 6.45) is 0. The highest BCUT2D eigenvalue weighted by molar-refractivity contribution is 7.17. The van der Waals surface area contributed by atoms with Gasteiger partial charge >= 0.3 is 6.03 Å². The molecule has 0 aromatic carbocycles. The van der Waals surface area contributed by atoms with Crippen molar-refractivity contribution < 1.29 is 9.53 Å². The van der Waals surface area contributed by atoms with Crippen LogP contribution >= 0.6 is 11.3 Å². The molecule has 2 amide bonds. The summed E-state index contributed by atoms with van der Waals surface area (Å²) in [5.74, 6) is 0. The van der Waals surface area contributed by atoms with Crippen LogP contribution in [0.2, 0.25) is 0 Å². The number of nitrogens with zero attached hydrogens (tertiary/aromatic N) is 4. The first-order valence-electron chi connectivity index (χ1n) is 4.70. The number of methoxy groups -OCH3 is 1. The first-order chi connectivity index (χ1) is 7.26. The molecular formula is C8H12N4O2S. The van der Waals surface area contributed by atoms with Crippen LogP contribution in [0.4, 0.5) is 9.93 Å². The Labute approximate surface area is 91.5 Å². The number of ether oxygens (including phenoxy) is 1. The lowest BCUT2D eigenvalue weighted by molar-refractivity contribution is 0.223. The van der Waals surface area contributed by atoms with E-state index in [1.165, 1.54) is 18.4 Å². The smallest absolute Gasteiger partial charge is 0.326 e. The Bertz CT molecular complexity index is 367. The molecule has 0 saturated carbocycles. The zero-order valence-electron chi connectivity index (χ0n) is 8.63. The Hall–Kier alpha value is -1.37. The molecule has 0 spiro atoms. The number of anilines is 1. The Morgan fingerprint density at radius 1 is 1.47 bits per heavy atom. The Morgan fingerprint density at radius 2 is 2.27 bits per heavy atom. The molecule has 1 aromatic rings. The molecule has 0 bridgehead atoms. The van der Waals surface area contributed by atoms with Gasteiger partial charge in [-0.05, 0) is 18.3 Å². The third kappa shape index (κ3) is 1.74. The number of likely N-dealkylation sites (N-methyl/N-ethyl adjacent to an activating group) is 1. The second-order valence-corrected chi connectivity index (χ2v) is 3.99. The van der Waals surface area contributed by atoms with E-state index in [1.54, 1.807) is 9.80 Å². The molecule has 0 aliphatic carbocycles. The minimum atomic E-state index is -0.00342. The zero-order chi connectivity index (χ0) is 10.8. The topological polar surface area (TPSA) is 58.6 Å². The van der Waals surface area contributed by atoms with Gasteiger partial charge in [0.15, 0.2) is 0 Å². The third-order valence-electron chi connectivity index (χ3n) is 2.28. The highest BCUT2D eigenvalue weighted by Gasteiger charge is 2.30. The predicted molar refractivity (Wildman–Crippen MR) is 56.5 cm³/mol. The van der Waals surface area contributed by atoms with Gasteiger partial charge in [-0.25, -0.2) is 4.79 Å². The molecule has 1 aliphatic heterocycles. The van der Waals surface area contributed by atoms with Gasteiger partial charge in [0.25, 0.3) is 5.19 Å². The molecule has 0 unspecified atom stereocenters. The van der Waals surface area contributed by atoms with Crippen LogP contribution in [-0.2, 0) is 0 Å². The van der Waals surface area contributed by atoms with Crippen LogP contribution in [0.1, 0.15) is 6.92 Å². The van der Waals surface area contributed by atoms with E-state index in [9.17, 15) is 4.79 Å². The Morgan fingerprint density at radius 3 is 2.80 bits per heavy atom. The summed E-state index contributed by atoms with van der Waals surface area (Å²) >= 11 is 1.28. The van der Waals surface area contributed by atoms with Crippen molar-refractivity contribution >= 4 is 22.5 Å². The summed E-state index contributed by atoms with van der Waals surface area (Å²) < 4.78 is 4.94. The molecule has 0 radical (unpaired) electrons. The van der Waals surface area contributed by atoms with E-state index in [0.717, 1.165) is 13.1 Å². The van der Waals surface area contributed by atoms with E-state index in [2.05, 4.69) is 10.2 Å². The minimum Gasteiger partial charge on any atom is -0.472 e. The fourth-order valence-electron chi connectivity index (χ4n) is 1.45. The molecule has 6 nitrogen and oxygen atoms in total. The molecular weight excluding hydrogens is 216 g/mol. The van der Waals surface area contributed by atoms with E-state index in [1.807, 2.05) is 6.92 Å². The quantitative estimate of drug-likeness (QED) is 0.768. The molecule has 1 saturated heterocycles. The molecule has 0 atom stereocenters. The maximum atomic E-state index is 11.8. The van der Waals surface area contributed by atoms with Gasteiger partial charge in [-0.15, -0.1) is 5.10 Å². The third-order valence-corrected chi connectivity index (χ3v) is 3.19. The maximum Gasteiger partial charge on any atom is 0.326 e. The average Bonchev–Trinajstić information content (AvgIpc) is 2.83. The van der Waals surface area contributed by atoms with Crippen molar-refractivity contribution in [1.29, 1.82) is 0 Å². The fraction of sp³-hybridized carbons (Fsp3) is 0.625. The molecule has 7 heteroatoms. The summed E-state index contributed by atoms with van der Waals surface area (Å²) in [6.45, 7) is 4.11. The summed E-state index contributed by atoms with van der Waals surface area (Å²) in [6, 6.07) is -0.00342. The SMILES string of the molecule is CCN1CCN(c2nnc(OC)s2)C1=O. The first kappa shape index (κ1) is 10.2. The number of urea groups is 1. The van der Waals surface area contributed by atoms with Gasteiger partial charge in [0.05, 0.1) is 7.11 Å².